The summed E-state index contributed by atoms with van der Waals surface area (Å²) in [5.41, 5.74) is 4.76. The molecule has 0 aliphatic carbocycles. The SMILES string of the molecule is CCOc1ccc(C(=O)N[C@@H](C)c2ccc(Cl)cc2)cc1COc1ccc(C)c(C)c1. The molecule has 1 atom stereocenters. The largest absolute Gasteiger partial charge is 0.493 e. The van der Waals surface area contributed by atoms with Gasteiger partial charge in [0, 0.05) is 16.1 Å². The van der Waals surface area contributed by atoms with Crippen molar-refractivity contribution in [2.75, 3.05) is 6.61 Å². The first-order valence-electron chi connectivity index (χ1n) is 10.4. The molecule has 3 aromatic carbocycles. The van der Waals surface area contributed by atoms with Gasteiger partial charge in [-0.25, -0.2) is 0 Å². The molecule has 0 bridgehead atoms. The first kappa shape index (κ1) is 22.7. The molecule has 3 aromatic rings. The highest BCUT2D eigenvalue weighted by atomic mass is 35.5. The normalized spacial score (nSPS) is 11.6. The van der Waals surface area contributed by atoms with E-state index < -0.39 is 0 Å². The van der Waals surface area contributed by atoms with Crippen LogP contribution in [0.3, 0.4) is 0 Å². The number of ether oxygens (including phenoxy) is 2. The molecule has 0 fully saturated rings. The van der Waals surface area contributed by atoms with E-state index in [1.165, 1.54) is 11.1 Å². The molecule has 0 unspecified atom stereocenters. The summed E-state index contributed by atoms with van der Waals surface area (Å²) in [6.45, 7) is 8.85. The summed E-state index contributed by atoms with van der Waals surface area (Å²) in [5.74, 6) is 1.35. The number of rotatable bonds is 8. The van der Waals surface area contributed by atoms with Crippen LogP contribution in [-0.2, 0) is 6.61 Å². The fourth-order valence-corrected chi connectivity index (χ4v) is 3.34. The minimum absolute atomic E-state index is 0.147. The van der Waals surface area contributed by atoms with E-state index in [1.807, 2.05) is 68.4 Å². The first-order chi connectivity index (χ1) is 14.9. The maximum absolute atomic E-state index is 12.9. The molecule has 0 aliphatic rings. The summed E-state index contributed by atoms with van der Waals surface area (Å²) in [7, 11) is 0. The molecular formula is C26H28ClNO3. The second kappa shape index (κ2) is 10.4. The lowest BCUT2D eigenvalue weighted by Gasteiger charge is -2.16. The van der Waals surface area contributed by atoms with Gasteiger partial charge in [0.15, 0.2) is 0 Å². The number of nitrogens with one attached hydrogen (secondary N) is 1. The standard InChI is InChI=1S/C26H28ClNO3/c1-5-30-25-13-9-21(26(29)28-19(4)20-7-10-23(27)11-8-20)15-22(25)16-31-24-12-6-17(2)18(3)14-24/h6-15,19H,5,16H2,1-4H3,(H,28,29)/t19-/m0/s1. The quantitative estimate of drug-likeness (QED) is 0.442. The summed E-state index contributed by atoms with van der Waals surface area (Å²) in [5, 5.41) is 3.70. The minimum atomic E-state index is -0.155. The first-order valence-corrected chi connectivity index (χ1v) is 10.8. The molecule has 31 heavy (non-hydrogen) atoms. The third-order valence-corrected chi connectivity index (χ3v) is 5.46. The molecule has 162 valence electrons. The molecule has 5 heteroatoms. The lowest BCUT2D eigenvalue weighted by Crippen LogP contribution is -2.26. The number of hydrogen-bond acceptors (Lipinski definition) is 3. The topological polar surface area (TPSA) is 47.6 Å². The Kier molecular flexibility index (Phi) is 7.59. The zero-order valence-corrected chi connectivity index (χ0v) is 19.1. The van der Waals surface area contributed by atoms with Crippen molar-refractivity contribution in [2.24, 2.45) is 0 Å². The number of benzene rings is 3. The zero-order chi connectivity index (χ0) is 22.4. The van der Waals surface area contributed by atoms with Gasteiger partial charge in [0.1, 0.15) is 18.1 Å². The summed E-state index contributed by atoms with van der Waals surface area (Å²) in [4.78, 5) is 12.9. The number of hydrogen-bond donors (Lipinski definition) is 1. The van der Waals surface area contributed by atoms with Crippen molar-refractivity contribution in [1.82, 2.24) is 5.32 Å². The molecule has 0 aromatic heterocycles. The Labute approximate surface area is 189 Å². The Morgan fingerprint density at radius 2 is 1.71 bits per heavy atom. The van der Waals surface area contributed by atoms with Gasteiger partial charge in [-0.15, -0.1) is 0 Å². The van der Waals surface area contributed by atoms with Crippen LogP contribution in [-0.4, -0.2) is 12.5 Å². The summed E-state index contributed by atoms with van der Waals surface area (Å²) in [6, 6.07) is 18.7. The van der Waals surface area contributed by atoms with Crippen molar-refractivity contribution in [3.05, 3.63) is 93.5 Å². The van der Waals surface area contributed by atoms with Crippen molar-refractivity contribution in [3.8, 4) is 11.5 Å². The second-order valence-electron chi connectivity index (χ2n) is 7.54. The zero-order valence-electron chi connectivity index (χ0n) is 18.4. The molecular weight excluding hydrogens is 410 g/mol. The molecule has 0 heterocycles. The van der Waals surface area contributed by atoms with Crippen LogP contribution in [0.4, 0.5) is 0 Å². The van der Waals surface area contributed by atoms with Crippen molar-refractivity contribution in [3.63, 3.8) is 0 Å². The smallest absolute Gasteiger partial charge is 0.251 e. The van der Waals surface area contributed by atoms with Crippen molar-refractivity contribution < 1.29 is 14.3 Å². The predicted molar refractivity (Wildman–Crippen MR) is 125 cm³/mol. The fourth-order valence-electron chi connectivity index (χ4n) is 3.21. The van der Waals surface area contributed by atoms with Crippen molar-refractivity contribution in [2.45, 2.75) is 40.3 Å². The fraction of sp³-hybridized carbons (Fsp3) is 0.269. The highest BCUT2D eigenvalue weighted by molar-refractivity contribution is 6.30. The average Bonchev–Trinajstić information content (AvgIpc) is 2.76. The van der Waals surface area contributed by atoms with Crippen LogP contribution in [0.5, 0.6) is 11.5 Å². The summed E-state index contributed by atoms with van der Waals surface area (Å²) < 4.78 is 11.7. The van der Waals surface area contributed by atoms with Gasteiger partial charge < -0.3 is 14.8 Å². The van der Waals surface area contributed by atoms with Gasteiger partial charge in [-0.3, -0.25) is 4.79 Å². The van der Waals surface area contributed by atoms with Crippen LogP contribution >= 0.6 is 11.6 Å². The molecule has 3 rings (SSSR count). The Balaban J connectivity index is 1.75. The van der Waals surface area contributed by atoms with E-state index in [0.29, 0.717) is 29.5 Å². The lowest BCUT2D eigenvalue weighted by molar-refractivity contribution is 0.0939. The Bertz CT molecular complexity index is 1050. The Hall–Kier alpha value is -2.98. The molecule has 0 saturated carbocycles. The van der Waals surface area contributed by atoms with Crippen LogP contribution in [0.1, 0.15) is 52.5 Å². The Morgan fingerprint density at radius 3 is 2.39 bits per heavy atom. The van der Waals surface area contributed by atoms with E-state index >= 15 is 0 Å². The average molecular weight is 438 g/mol. The number of halogens is 1. The number of carbonyl (C=O) groups is 1. The van der Waals surface area contributed by atoms with Gasteiger partial charge in [-0.05, 0) is 86.8 Å². The number of carbonyl (C=O) groups excluding carboxylic acids is 1. The van der Waals surface area contributed by atoms with Gasteiger partial charge in [-0.1, -0.05) is 29.8 Å². The molecule has 0 aliphatic heterocycles. The molecule has 0 saturated heterocycles. The number of aryl methyl sites for hydroxylation is 2. The lowest BCUT2D eigenvalue weighted by atomic mass is 10.1. The van der Waals surface area contributed by atoms with Gasteiger partial charge in [0.2, 0.25) is 0 Å². The molecule has 1 N–H and O–H groups in total. The van der Waals surface area contributed by atoms with Crippen LogP contribution in [0.2, 0.25) is 5.02 Å². The highest BCUT2D eigenvalue weighted by Gasteiger charge is 2.15. The van der Waals surface area contributed by atoms with Gasteiger partial charge in [-0.2, -0.15) is 0 Å². The predicted octanol–water partition coefficient (Wildman–Crippen LogP) is 6.43. The minimum Gasteiger partial charge on any atom is -0.493 e. The van der Waals surface area contributed by atoms with E-state index in [4.69, 9.17) is 21.1 Å². The van der Waals surface area contributed by atoms with E-state index in [9.17, 15) is 4.79 Å². The third-order valence-electron chi connectivity index (χ3n) is 5.21. The van der Waals surface area contributed by atoms with E-state index in [2.05, 4.69) is 19.2 Å². The monoisotopic (exact) mass is 437 g/mol. The second-order valence-corrected chi connectivity index (χ2v) is 7.97. The van der Waals surface area contributed by atoms with Gasteiger partial charge >= 0.3 is 0 Å². The third kappa shape index (κ3) is 6.02. The van der Waals surface area contributed by atoms with Crippen molar-refractivity contribution >= 4 is 17.5 Å². The van der Waals surface area contributed by atoms with Crippen molar-refractivity contribution in [1.29, 1.82) is 0 Å². The molecule has 1 amide bonds. The van der Waals surface area contributed by atoms with E-state index in [0.717, 1.165) is 16.9 Å². The van der Waals surface area contributed by atoms with Crippen LogP contribution in [0.25, 0.3) is 0 Å². The molecule has 0 radical (unpaired) electrons. The van der Waals surface area contributed by atoms with Crippen LogP contribution in [0.15, 0.2) is 60.7 Å². The number of amides is 1. The van der Waals surface area contributed by atoms with Gasteiger partial charge in [0.05, 0.1) is 12.6 Å². The van der Waals surface area contributed by atoms with E-state index in [1.54, 1.807) is 6.07 Å². The maximum Gasteiger partial charge on any atom is 0.251 e. The highest BCUT2D eigenvalue weighted by Crippen LogP contribution is 2.24. The van der Waals surface area contributed by atoms with Crippen LogP contribution < -0.4 is 14.8 Å². The van der Waals surface area contributed by atoms with E-state index in [-0.39, 0.29) is 11.9 Å². The molecule has 4 nitrogen and oxygen atoms in total. The maximum atomic E-state index is 12.9. The Morgan fingerprint density at radius 1 is 0.968 bits per heavy atom. The van der Waals surface area contributed by atoms with Crippen LogP contribution in [0, 0.1) is 13.8 Å². The summed E-state index contributed by atoms with van der Waals surface area (Å²) in [6.07, 6.45) is 0. The summed E-state index contributed by atoms with van der Waals surface area (Å²) >= 11 is 5.96. The molecule has 0 spiro atoms. The van der Waals surface area contributed by atoms with Gasteiger partial charge in [0.25, 0.3) is 5.91 Å².